The molecule has 0 aliphatic rings. The third kappa shape index (κ3) is 2.90. The van der Waals surface area contributed by atoms with E-state index in [4.69, 9.17) is 0 Å². The van der Waals surface area contributed by atoms with E-state index in [1.807, 2.05) is 20.9 Å². The molecular formula is C13H17N3S. The van der Waals surface area contributed by atoms with Crippen molar-refractivity contribution in [2.45, 2.75) is 26.3 Å². The average molecular weight is 247 g/mol. The highest BCUT2D eigenvalue weighted by Gasteiger charge is 2.14. The average Bonchev–Trinajstić information content (AvgIpc) is 2.82. The minimum Gasteiger partial charge on any atom is -0.313 e. The molecule has 90 valence electrons. The number of nitrogens with zero attached hydrogens (tertiary/aromatic N) is 2. The topological polar surface area (TPSA) is 37.8 Å². The molecule has 1 N–H and O–H groups in total. The van der Waals surface area contributed by atoms with Crippen molar-refractivity contribution in [1.82, 2.24) is 15.5 Å². The summed E-state index contributed by atoms with van der Waals surface area (Å²) in [4.78, 5) is 0. The molecule has 0 fully saturated rings. The molecule has 2 heterocycles. The molecule has 3 nitrogen and oxygen atoms in total. The van der Waals surface area contributed by atoms with Crippen LogP contribution in [0.3, 0.4) is 0 Å². The first-order valence-electron chi connectivity index (χ1n) is 5.70. The van der Waals surface area contributed by atoms with E-state index in [0.717, 1.165) is 17.8 Å². The normalized spacial score (nSPS) is 12.6. The maximum atomic E-state index is 4.19. The summed E-state index contributed by atoms with van der Waals surface area (Å²) in [6.45, 7) is 3.99. The second kappa shape index (κ2) is 5.38. The zero-order valence-electron chi connectivity index (χ0n) is 10.4. The molecule has 1 atom stereocenters. The summed E-state index contributed by atoms with van der Waals surface area (Å²) in [5.74, 6) is 0. The maximum absolute atomic E-state index is 4.19. The lowest BCUT2D eigenvalue weighted by atomic mass is 9.99. The van der Waals surface area contributed by atoms with Crippen LogP contribution < -0.4 is 5.32 Å². The fraction of sp³-hybridized carbons (Fsp3) is 0.385. The Morgan fingerprint density at radius 3 is 2.82 bits per heavy atom. The van der Waals surface area contributed by atoms with Gasteiger partial charge in [-0.1, -0.05) is 0 Å². The number of aromatic nitrogens is 2. The summed E-state index contributed by atoms with van der Waals surface area (Å²) in [5.41, 5.74) is 4.58. The third-order valence-electron chi connectivity index (χ3n) is 2.88. The molecule has 0 spiro atoms. The Morgan fingerprint density at radius 1 is 1.35 bits per heavy atom. The fourth-order valence-corrected chi connectivity index (χ4v) is 2.62. The van der Waals surface area contributed by atoms with Crippen molar-refractivity contribution in [3.05, 3.63) is 45.4 Å². The SMILES string of the molecule is CNC(Cc1ccsc1)c1cc(C)nnc1C. The van der Waals surface area contributed by atoms with Crippen molar-refractivity contribution in [2.24, 2.45) is 0 Å². The summed E-state index contributed by atoms with van der Waals surface area (Å²) in [6.07, 6.45) is 0.992. The van der Waals surface area contributed by atoms with Gasteiger partial charge in [-0.2, -0.15) is 21.5 Å². The van der Waals surface area contributed by atoms with Gasteiger partial charge < -0.3 is 5.32 Å². The van der Waals surface area contributed by atoms with Crippen molar-refractivity contribution in [2.75, 3.05) is 7.05 Å². The van der Waals surface area contributed by atoms with Crippen LogP contribution in [0.5, 0.6) is 0 Å². The van der Waals surface area contributed by atoms with E-state index in [2.05, 4.69) is 38.4 Å². The maximum Gasteiger partial charge on any atom is 0.0648 e. The van der Waals surface area contributed by atoms with Gasteiger partial charge in [0.25, 0.3) is 0 Å². The number of rotatable bonds is 4. The number of hydrogen-bond donors (Lipinski definition) is 1. The van der Waals surface area contributed by atoms with E-state index in [1.54, 1.807) is 11.3 Å². The third-order valence-corrected chi connectivity index (χ3v) is 3.62. The minimum atomic E-state index is 0.304. The Morgan fingerprint density at radius 2 is 2.18 bits per heavy atom. The molecule has 0 radical (unpaired) electrons. The molecule has 2 aromatic rings. The van der Waals surface area contributed by atoms with Gasteiger partial charge >= 0.3 is 0 Å². The van der Waals surface area contributed by atoms with Crippen LogP contribution in [-0.2, 0) is 6.42 Å². The van der Waals surface area contributed by atoms with E-state index in [1.165, 1.54) is 11.1 Å². The molecule has 0 aromatic carbocycles. The number of hydrogen-bond acceptors (Lipinski definition) is 4. The second-order valence-electron chi connectivity index (χ2n) is 4.20. The fourth-order valence-electron chi connectivity index (χ4n) is 1.93. The summed E-state index contributed by atoms with van der Waals surface area (Å²) in [7, 11) is 1.99. The van der Waals surface area contributed by atoms with Gasteiger partial charge in [0, 0.05) is 6.04 Å². The van der Waals surface area contributed by atoms with Crippen LogP contribution in [0.2, 0.25) is 0 Å². The van der Waals surface area contributed by atoms with Crippen LogP contribution in [0.25, 0.3) is 0 Å². The van der Waals surface area contributed by atoms with Gasteiger partial charge in [-0.3, -0.25) is 0 Å². The van der Waals surface area contributed by atoms with Crippen LogP contribution in [0, 0.1) is 13.8 Å². The van der Waals surface area contributed by atoms with Crippen molar-refractivity contribution >= 4 is 11.3 Å². The Bertz CT molecular complexity index is 479. The first-order chi connectivity index (χ1) is 8.20. The van der Waals surface area contributed by atoms with Gasteiger partial charge in [0.2, 0.25) is 0 Å². The molecule has 2 aromatic heterocycles. The number of likely N-dealkylation sites (N-methyl/N-ethyl adjacent to an activating group) is 1. The Kier molecular flexibility index (Phi) is 3.86. The van der Waals surface area contributed by atoms with Gasteiger partial charge in [0.1, 0.15) is 0 Å². The molecular weight excluding hydrogens is 230 g/mol. The smallest absolute Gasteiger partial charge is 0.0648 e. The van der Waals surface area contributed by atoms with E-state index in [-0.39, 0.29) is 0 Å². The number of thiophene rings is 1. The van der Waals surface area contributed by atoms with Gasteiger partial charge in [-0.15, -0.1) is 0 Å². The highest BCUT2D eigenvalue weighted by molar-refractivity contribution is 7.07. The van der Waals surface area contributed by atoms with Crippen LogP contribution in [-0.4, -0.2) is 17.2 Å². The highest BCUT2D eigenvalue weighted by atomic mass is 32.1. The molecule has 0 aliphatic carbocycles. The van der Waals surface area contributed by atoms with Crippen molar-refractivity contribution in [3.8, 4) is 0 Å². The number of aryl methyl sites for hydroxylation is 2. The number of nitrogens with one attached hydrogen (secondary N) is 1. The van der Waals surface area contributed by atoms with Gasteiger partial charge in [0.05, 0.1) is 11.4 Å². The Hall–Kier alpha value is -1.26. The first-order valence-corrected chi connectivity index (χ1v) is 6.64. The molecule has 0 saturated carbocycles. The largest absolute Gasteiger partial charge is 0.313 e. The Labute approximate surface area is 106 Å². The second-order valence-corrected chi connectivity index (χ2v) is 4.98. The van der Waals surface area contributed by atoms with Crippen LogP contribution in [0.4, 0.5) is 0 Å². The lowest BCUT2D eigenvalue weighted by molar-refractivity contribution is 0.583. The van der Waals surface area contributed by atoms with Gasteiger partial charge in [-0.05, 0) is 61.3 Å². The van der Waals surface area contributed by atoms with Gasteiger partial charge in [0.15, 0.2) is 0 Å². The van der Waals surface area contributed by atoms with E-state index in [0.29, 0.717) is 6.04 Å². The predicted molar refractivity (Wildman–Crippen MR) is 71.3 cm³/mol. The zero-order valence-corrected chi connectivity index (χ0v) is 11.2. The van der Waals surface area contributed by atoms with E-state index >= 15 is 0 Å². The molecule has 1 unspecified atom stereocenters. The lowest BCUT2D eigenvalue weighted by Crippen LogP contribution is -2.20. The summed E-state index contributed by atoms with van der Waals surface area (Å²) in [5, 5.41) is 15.9. The summed E-state index contributed by atoms with van der Waals surface area (Å²) >= 11 is 1.74. The zero-order chi connectivity index (χ0) is 12.3. The standard InChI is InChI=1S/C13H17N3S/c1-9-6-12(10(2)16-15-9)13(14-3)7-11-4-5-17-8-11/h4-6,8,13-14H,7H2,1-3H3. The summed E-state index contributed by atoms with van der Waals surface area (Å²) in [6, 6.07) is 4.60. The van der Waals surface area contributed by atoms with Gasteiger partial charge in [-0.25, -0.2) is 0 Å². The minimum absolute atomic E-state index is 0.304. The van der Waals surface area contributed by atoms with Crippen LogP contribution in [0.15, 0.2) is 22.9 Å². The highest BCUT2D eigenvalue weighted by Crippen LogP contribution is 2.21. The van der Waals surface area contributed by atoms with E-state index in [9.17, 15) is 0 Å². The van der Waals surface area contributed by atoms with Crippen LogP contribution in [0.1, 0.15) is 28.6 Å². The predicted octanol–water partition coefficient (Wildman–Crippen LogP) is 2.66. The molecule has 0 aliphatic heterocycles. The summed E-state index contributed by atoms with van der Waals surface area (Å²) < 4.78 is 0. The van der Waals surface area contributed by atoms with Crippen molar-refractivity contribution in [1.29, 1.82) is 0 Å². The first kappa shape index (κ1) is 12.2. The monoisotopic (exact) mass is 247 g/mol. The molecule has 0 bridgehead atoms. The molecule has 0 saturated heterocycles. The lowest BCUT2D eigenvalue weighted by Gasteiger charge is -2.17. The molecule has 2 rings (SSSR count). The van der Waals surface area contributed by atoms with Crippen molar-refractivity contribution < 1.29 is 0 Å². The van der Waals surface area contributed by atoms with Crippen molar-refractivity contribution in [3.63, 3.8) is 0 Å². The molecule has 0 amide bonds. The van der Waals surface area contributed by atoms with E-state index < -0.39 is 0 Å². The molecule has 17 heavy (non-hydrogen) atoms. The quantitative estimate of drug-likeness (QED) is 0.902. The molecule has 4 heteroatoms. The Balaban J connectivity index is 2.25. The van der Waals surface area contributed by atoms with Crippen LogP contribution >= 0.6 is 11.3 Å².